The second-order valence-corrected chi connectivity index (χ2v) is 5.90. The molecule has 2 saturated heterocycles. The summed E-state index contributed by atoms with van der Waals surface area (Å²) in [6.45, 7) is 5.97. The first-order valence-corrected chi connectivity index (χ1v) is 7.88. The predicted octanol–water partition coefficient (Wildman–Crippen LogP) is 0.461. The van der Waals surface area contributed by atoms with Gasteiger partial charge >= 0.3 is 0 Å². The molecule has 0 bridgehead atoms. The second kappa shape index (κ2) is 7.28. The summed E-state index contributed by atoms with van der Waals surface area (Å²) in [5.74, 6) is -0.00106. The fraction of sp³-hybridized carbons (Fsp3) is 0.625. The van der Waals surface area contributed by atoms with Gasteiger partial charge in [0.15, 0.2) is 11.5 Å². The fourth-order valence-electron chi connectivity index (χ4n) is 2.97. The van der Waals surface area contributed by atoms with Crippen LogP contribution in [0.4, 0.5) is 0 Å². The Labute approximate surface area is 130 Å². The third-order valence-electron chi connectivity index (χ3n) is 4.28. The molecule has 1 unspecified atom stereocenters. The summed E-state index contributed by atoms with van der Waals surface area (Å²) >= 11 is 0. The molecule has 0 saturated carbocycles. The van der Waals surface area contributed by atoms with E-state index in [1.54, 1.807) is 0 Å². The minimum atomic E-state index is -0.00173. The molecule has 2 heterocycles. The first-order valence-electron chi connectivity index (χ1n) is 7.88. The summed E-state index contributed by atoms with van der Waals surface area (Å²) in [5.41, 5.74) is 1.52. The predicted molar refractivity (Wildman–Crippen MR) is 82.2 cm³/mol. The maximum absolute atomic E-state index is 10.3. The number of ether oxygens (including phenoxy) is 2. The first-order chi connectivity index (χ1) is 10.7. The van der Waals surface area contributed by atoms with Gasteiger partial charge in [0.1, 0.15) is 0 Å². The van der Waals surface area contributed by atoms with Crippen LogP contribution in [-0.2, 0) is 22.4 Å². The number of nitrogens with zero attached hydrogens (tertiary/aromatic N) is 1. The van der Waals surface area contributed by atoms with Gasteiger partial charge in [-0.1, -0.05) is 12.1 Å². The number of phenolic OH excluding ortho intramolecular Hbond substituents is 2. The van der Waals surface area contributed by atoms with Crippen LogP contribution in [0.1, 0.15) is 11.1 Å². The number of aromatic hydroxyl groups is 2. The highest BCUT2D eigenvalue weighted by Gasteiger charge is 2.19. The molecule has 3 N–H and O–H groups in total. The molecule has 6 heteroatoms. The topological polar surface area (TPSA) is 74.2 Å². The van der Waals surface area contributed by atoms with Crippen LogP contribution in [0.15, 0.2) is 12.1 Å². The minimum Gasteiger partial charge on any atom is -0.504 e. The molecule has 0 aromatic heterocycles. The number of benzene rings is 1. The van der Waals surface area contributed by atoms with Gasteiger partial charge in [-0.2, -0.15) is 0 Å². The number of rotatable bonds is 4. The summed E-state index contributed by atoms with van der Waals surface area (Å²) in [7, 11) is 0. The molecule has 22 heavy (non-hydrogen) atoms. The summed E-state index contributed by atoms with van der Waals surface area (Å²) in [6.07, 6.45) is 0.650. The van der Waals surface area contributed by atoms with Gasteiger partial charge in [-0.05, 0) is 12.0 Å². The number of hydrogen-bond acceptors (Lipinski definition) is 6. The van der Waals surface area contributed by atoms with Crippen molar-refractivity contribution in [2.45, 2.75) is 19.0 Å². The van der Waals surface area contributed by atoms with Crippen molar-refractivity contribution in [3.05, 3.63) is 23.3 Å². The van der Waals surface area contributed by atoms with Crippen molar-refractivity contribution in [2.24, 2.45) is 0 Å². The fourth-order valence-corrected chi connectivity index (χ4v) is 2.97. The lowest BCUT2D eigenvalue weighted by atomic mass is 10.0. The van der Waals surface area contributed by atoms with Crippen molar-refractivity contribution in [1.29, 1.82) is 0 Å². The van der Waals surface area contributed by atoms with Crippen molar-refractivity contribution < 1.29 is 19.7 Å². The van der Waals surface area contributed by atoms with E-state index in [-0.39, 0.29) is 17.5 Å². The lowest BCUT2D eigenvalue weighted by Crippen LogP contribution is -2.42. The largest absolute Gasteiger partial charge is 0.504 e. The van der Waals surface area contributed by atoms with Crippen LogP contribution < -0.4 is 5.32 Å². The Morgan fingerprint density at radius 1 is 1.05 bits per heavy atom. The highest BCUT2D eigenvalue weighted by Crippen LogP contribution is 2.34. The average Bonchev–Trinajstić information content (AvgIpc) is 2.56. The van der Waals surface area contributed by atoms with Gasteiger partial charge in [0.2, 0.25) is 0 Å². The van der Waals surface area contributed by atoms with E-state index >= 15 is 0 Å². The maximum Gasteiger partial charge on any atom is 0.162 e. The van der Waals surface area contributed by atoms with E-state index in [0.29, 0.717) is 19.6 Å². The molecule has 0 amide bonds. The van der Waals surface area contributed by atoms with Crippen LogP contribution >= 0.6 is 0 Å². The van der Waals surface area contributed by atoms with Crippen LogP contribution in [0.3, 0.4) is 0 Å². The number of nitrogens with one attached hydrogen (secondary N) is 1. The molecule has 3 rings (SSSR count). The van der Waals surface area contributed by atoms with Gasteiger partial charge in [-0.3, -0.25) is 4.90 Å². The molecule has 6 nitrogen and oxygen atoms in total. The van der Waals surface area contributed by atoms with Crippen LogP contribution in [0.2, 0.25) is 0 Å². The lowest BCUT2D eigenvalue weighted by molar-refractivity contribution is 0.0338. The molecule has 2 aliphatic rings. The highest BCUT2D eigenvalue weighted by atomic mass is 16.5. The Balaban J connectivity index is 1.67. The maximum atomic E-state index is 10.3. The van der Waals surface area contributed by atoms with Crippen LogP contribution in [0.25, 0.3) is 0 Å². The Morgan fingerprint density at radius 2 is 1.77 bits per heavy atom. The smallest absolute Gasteiger partial charge is 0.162 e. The van der Waals surface area contributed by atoms with Crippen molar-refractivity contribution in [3.63, 3.8) is 0 Å². The summed E-state index contributed by atoms with van der Waals surface area (Å²) in [5, 5.41) is 23.9. The number of morpholine rings is 2. The van der Waals surface area contributed by atoms with E-state index in [1.165, 1.54) is 0 Å². The van der Waals surface area contributed by atoms with E-state index in [9.17, 15) is 10.2 Å². The standard InChI is InChI=1S/C16H24N2O4/c19-15-12(9-14-11-22-6-3-17-14)1-2-13(16(15)20)10-18-4-7-21-8-5-18/h1-2,14,17,19-20H,3-11H2. The van der Waals surface area contributed by atoms with Gasteiger partial charge in [0, 0.05) is 37.8 Å². The highest BCUT2D eigenvalue weighted by molar-refractivity contribution is 5.50. The van der Waals surface area contributed by atoms with E-state index in [0.717, 1.165) is 50.6 Å². The molecule has 2 fully saturated rings. The molecule has 0 aliphatic carbocycles. The zero-order valence-corrected chi connectivity index (χ0v) is 12.8. The third kappa shape index (κ3) is 3.70. The Morgan fingerprint density at radius 3 is 2.50 bits per heavy atom. The average molecular weight is 308 g/mol. The summed E-state index contributed by atoms with van der Waals surface area (Å²) < 4.78 is 10.7. The van der Waals surface area contributed by atoms with Crippen LogP contribution in [-0.4, -0.2) is 67.2 Å². The number of hydrogen-bond donors (Lipinski definition) is 3. The third-order valence-corrected chi connectivity index (χ3v) is 4.28. The van der Waals surface area contributed by atoms with Gasteiger partial charge in [0.25, 0.3) is 0 Å². The zero-order chi connectivity index (χ0) is 15.4. The Bertz CT molecular complexity index is 452. The molecule has 1 aromatic rings. The van der Waals surface area contributed by atoms with Crippen molar-refractivity contribution in [3.8, 4) is 11.5 Å². The number of phenols is 2. The Hall–Kier alpha value is -1.34. The second-order valence-electron chi connectivity index (χ2n) is 5.90. The monoisotopic (exact) mass is 308 g/mol. The van der Waals surface area contributed by atoms with Gasteiger partial charge in [-0.15, -0.1) is 0 Å². The van der Waals surface area contributed by atoms with Crippen LogP contribution in [0.5, 0.6) is 11.5 Å². The van der Waals surface area contributed by atoms with Gasteiger partial charge in [-0.25, -0.2) is 0 Å². The molecule has 0 spiro atoms. The molecule has 1 aromatic carbocycles. The van der Waals surface area contributed by atoms with Crippen molar-refractivity contribution in [1.82, 2.24) is 10.2 Å². The summed E-state index contributed by atoms with van der Waals surface area (Å²) in [4.78, 5) is 2.22. The molecular weight excluding hydrogens is 284 g/mol. The van der Waals surface area contributed by atoms with Gasteiger partial charge < -0.3 is 25.0 Å². The molecule has 2 aliphatic heterocycles. The molecule has 122 valence electrons. The first kappa shape index (κ1) is 15.6. The minimum absolute atomic E-state index is 0.000666. The van der Waals surface area contributed by atoms with E-state index in [1.807, 2.05) is 12.1 Å². The molecular formula is C16H24N2O4. The zero-order valence-electron chi connectivity index (χ0n) is 12.8. The molecule has 0 radical (unpaired) electrons. The van der Waals surface area contributed by atoms with E-state index in [4.69, 9.17) is 9.47 Å². The summed E-state index contributed by atoms with van der Waals surface area (Å²) in [6, 6.07) is 3.99. The van der Waals surface area contributed by atoms with Crippen molar-refractivity contribution >= 4 is 0 Å². The van der Waals surface area contributed by atoms with E-state index in [2.05, 4.69) is 10.2 Å². The van der Waals surface area contributed by atoms with E-state index < -0.39 is 0 Å². The lowest BCUT2D eigenvalue weighted by Gasteiger charge is -2.27. The SMILES string of the molecule is Oc1c(CC2COCCN2)ccc(CN2CCOCC2)c1O. The van der Waals surface area contributed by atoms with Gasteiger partial charge in [0.05, 0.1) is 26.4 Å². The quantitative estimate of drug-likeness (QED) is 0.702. The Kier molecular flexibility index (Phi) is 5.15. The normalized spacial score (nSPS) is 23.5. The van der Waals surface area contributed by atoms with Crippen molar-refractivity contribution in [2.75, 3.05) is 46.1 Å². The van der Waals surface area contributed by atoms with Crippen LogP contribution in [0, 0.1) is 0 Å². The molecule has 1 atom stereocenters.